The van der Waals surface area contributed by atoms with Crippen molar-refractivity contribution in [3.05, 3.63) is 59.2 Å². The molecular formula is C20H22N2O3. The molecule has 0 radical (unpaired) electrons. The average Bonchev–Trinajstić information content (AvgIpc) is 2.59. The number of rotatable bonds is 2. The normalized spacial score (nSPS) is 17.7. The molecule has 130 valence electrons. The molecule has 1 aliphatic rings. The second kappa shape index (κ2) is 6.59. The lowest BCUT2D eigenvalue weighted by Gasteiger charge is -2.39. The van der Waals surface area contributed by atoms with Gasteiger partial charge in [0.05, 0.1) is 5.56 Å². The Balaban J connectivity index is 1.82. The maximum Gasteiger partial charge on any atom is 0.258 e. The van der Waals surface area contributed by atoms with E-state index < -0.39 is 0 Å². The molecule has 0 bridgehead atoms. The van der Waals surface area contributed by atoms with Crippen molar-refractivity contribution in [1.82, 2.24) is 4.90 Å². The molecule has 0 unspecified atom stereocenters. The van der Waals surface area contributed by atoms with Crippen LogP contribution in [0.4, 0.5) is 5.69 Å². The highest BCUT2D eigenvalue weighted by Crippen LogP contribution is 2.25. The first kappa shape index (κ1) is 17.0. The lowest BCUT2D eigenvalue weighted by atomic mass is 10.1. The van der Waals surface area contributed by atoms with Gasteiger partial charge in [0.2, 0.25) is 5.91 Å². The Labute approximate surface area is 147 Å². The van der Waals surface area contributed by atoms with Gasteiger partial charge < -0.3 is 14.9 Å². The Morgan fingerprint density at radius 1 is 1.08 bits per heavy atom. The minimum Gasteiger partial charge on any atom is -0.507 e. The highest BCUT2D eigenvalue weighted by atomic mass is 16.3. The number of anilines is 1. The Kier molecular flexibility index (Phi) is 4.49. The van der Waals surface area contributed by atoms with E-state index in [9.17, 15) is 14.7 Å². The fourth-order valence-corrected chi connectivity index (χ4v) is 3.07. The van der Waals surface area contributed by atoms with E-state index in [1.807, 2.05) is 45.0 Å². The summed E-state index contributed by atoms with van der Waals surface area (Å²) in [5.41, 5.74) is 3.10. The first-order valence-corrected chi connectivity index (χ1v) is 8.34. The smallest absolute Gasteiger partial charge is 0.258 e. The summed E-state index contributed by atoms with van der Waals surface area (Å²) >= 11 is 0. The number of hydrogen-bond acceptors (Lipinski definition) is 3. The zero-order valence-corrected chi connectivity index (χ0v) is 14.7. The van der Waals surface area contributed by atoms with E-state index in [-0.39, 0.29) is 35.7 Å². The van der Waals surface area contributed by atoms with Crippen LogP contribution in [0, 0.1) is 13.8 Å². The number of phenols is 1. The minimum absolute atomic E-state index is 0.00125. The average molecular weight is 338 g/mol. The summed E-state index contributed by atoms with van der Waals surface area (Å²) in [6.45, 7) is 6.21. The summed E-state index contributed by atoms with van der Waals surface area (Å²) in [5.74, 6) is -0.496. The number of benzene rings is 2. The molecule has 5 nitrogen and oxygen atoms in total. The molecular weight excluding hydrogens is 316 g/mol. The SMILES string of the molecule is Cc1ccc(N2C[C@H](C)N(C(=O)c3cc(C)ccc3O)CC2=O)cc1. The van der Waals surface area contributed by atoms with Gasteiger partial charge in [-0.3, -0.25) is 9.59 Å². The van der Waals surface area contributed by atoms with E-state index in [4.69, 9.17) is 0 Å². The van der Waals surface area contributed by atoms with Crippen LogP contribution in [0.2, 0.25) is 0 Å². The largest absolute Gasteiger partial charge is 0.507 e. The van der Waals surface area contributed by atoms with Crippen molar-refractivity contribution in [2.45, 2.75) is 26.8 Å². The predicted molar refractivity (Wildman–Crippen MR) is 96.9 cm³/mol. The van der Waals surface area contributed by atoms with Crippen LogP contribution < -0.4 is 4.90 Å². The highest BCUT2D eigenvalue weighted by Gasteiger charge is 2.34. The summed E-state index contributed by atoms with van der Waals surface area (Å²) in [4.78, 5) is 28.6. The van der Waals surface area contributed by atoms with Crippen LogP contribution >= 0.6 is 0 Å². The van der Waals surface area contributed by atoms with Gasteiger partial charge in [0, 0.05) is 18.3 Å². The third kappa shape index (κ3) is 3.36. The highest BCUT2D eigenvalue weighted by molar-refractivity contribution is 6.03. The Bertz CT molecular complexity index is 814. The van der Waals surface area contributed by atoms with Crippen LogP contribution in [-0.2, 0) is 4.79 Å². The molecule has 0 saturated carbocycles. The van der Waals surface area contributed by atoms with Crippen LogP contribution in [0.15, 0.2) is 42.5 Å². The topological polar surface area (TPSA) is 60.9 Å². The molecule has 1 heterocycles. The second-order valence-electron chi connectivity index (χ2n) is 6.64. The summed E-state index contributed by atoms with van der Waals surface area (Å²) in [7, 11) is 0. The fraction of sp³-hybridized carbons (Fsp3) is 0.300. The van der Waals surface area contributed by atoms with Crippen LogP contribution in [0.5, 0.6) is 5.75 Å². The van der Waals surface area contributed by atoms with Gasteiger partial charge in [0.25, 0.3) is 5.91 Å². The van der Waals surface area contributed by atoms with Crippen LogP contribution in [0.25, 0.3) is 0 Å². The van der Waals surface area contributed by atoms with Gasteiger partial charge >= 0.3 is 0 Å². The molecule has 5 heteroatoms. The number of nitrogens with zero attached hydrogens (tertiary/aromatic N) is 2. The first-order valence-electron chi connectivity index (χ1n) is 8.34. The van der Waals surface area contributed by atoms with Gasteiger partial charge in [-0.2, -0.15) is 0 Å². The molecule has 1 aliphatic heterocycles. The van der Waals surface area contributed by atoms with Gasteiger partial charge in [-0.25, -0.2) is 0 Å². The Morgan fingerprint density at radius 3 is 2.40 bits per heavy atom. The number of aromatic hydroxyl groups is 1. The molecule has 25 heavy (non-hydrogen) atoms. The maximum absolute atomic E-state index is 12.8. The molecule has 1 fully saturated rings. The summed E-state index contributed by atoms with van der Waals surface area (Å²) < 4.78 is 0. The third-order valence-corrected chi connectivity index (χ3v) is 4.57. The van der Waals surface area contributed by atoms with Crippen molar-refractivity contribution in [2.24, 2.45) is 0 Å². The van der Waals surface area contributed by atoms with E-state index in [1.54, 1.807) is 17.0 Å². The molecule has 3 rings (SSSR count). The molecule has 2 aromatic carbocycles. The fourth-order valence-electron chi connectivity index (χ4n) is 3.07. The minimum atomic E-state index is -0.314. The van der Waals surface area contributed by atoms with Crippen LogP contribution in [0.1, 0.15) is 28.4 Å². The Hall–Kier alpha value is -2.82. The van der Waals surface area contributed by atoms with Crippen molar-refractivity contribution in [3.63, 3.8) is 0 Å². The number of hydrogen-bond donors (Lipinski definition) is 1. The van der Waals surface area contributed by atoms with Crippen molar-refractivity contribution in [1.29, 1.82) is 0 Å². The molecule has 1 saturated heterocycles. The standard InChI is InChI=1S/C20H22N2O3/c1-13-4-7-16(8-5-13)22-11-15(3)21(12-19(22)24)20(25)17-10-14(2)6-9-18(17)23/h4-10,15,23H,11-12H2,1-3H3/t15-/m0/s1. The van der Waals surface area contributed by atoms with Gasteiger partial charge in [-0.15, -0.1) is 0 Å². The number of phenolic OH excluding ortho intramolecular Hbond substituents is 1. The van der Waals surface area contributed by atoms with Gasteiger partial charge in [0.1, 0.15) is 12.3 Å². The lowest BCUT2D eigenvalue weighted by Crippen LogP contribution is -2.57. The summed E-state index contributed by atoms with van der Waals surface area (Å²) in [5, 5.41) is 10.0. The third-order valence-electron chi connectivity index (χ3n) is 4.57. The Morgan fingerprint density at radius 2 is 1.72 bits per heavy atom. The molecule has 1 atom stereocenters. The van der Waals surface area contributed by atoms with Crippen molar-refractivity contribution >= 4 is 17.5 Å². The lowest BCUT2D eigenvalue weighted by molar-refractivity contribution is -0.121. The molecule has 2 amide bonds. The monoisotopic (exact) mass is 338 g/mol. The number of carbonyl (C=O) groups is 2. The van der Waals surface area contributed by atoms with Gasteiger partial charge in [0.15, 0.2) is 0 Å². The van der Waals surface area contributed by atoms with Crippen molar-refractivity contribution in [3.8, 4) is 5.75 Å². The van der Waals surface area contributed by atoms with Crippen molar-refractivity contribution < 1.29 is 14.7 Å². The maximum atomic E-state index is 12.8. The van der Waals surface area contributed by atoms with E-state index in [0.717, 1.165) is 16.8 Å². The summed E-state index contributed by atoms with van der Waals surface area (Å²) in [6, 6.07) is 12.5. The zero-order chi connectivity index (χ0) is 18.1. The van der Waals surface area contributed by atoms with Gasteiger partial charge in [-0.05, 0) is 45.0 Å². The first-order chi connectivity index (χ1) is 11.9. The van der Waals surface area contributed by atoms with E-state index in [2.05, 4.69) is 0 Å². The van der Waals surface area contributed by atoms with E-state index in [0.29, 0.717) is 6.54 Å². The van der Waals surface area contributed by atoms with E-state index in [1.165, 1.54) is 11.0 Å². The predicted octanol–water partition coefficient (Wildman–Crippen LogP) is 2.89. The molecule has 1 N–H and O–H groups in total. The quantitative estimate of drug-likeness (QED) is 0.916. The van der Waals surface area contributed by atoms with E-state index >= 15 is 0 Å². The molecule has 0 aromatic heterocycles. The molecule has 0 aliphatic carbocycles. The van der Waals surface area contributed by atoms with Crippen molar-refractivity contribution in [2.75, 3.05) is 18.0 Å². The number of carbonyl (C=O) groups excluding carboxylic acids is 2. The second-order valence-corrected chi connectivity index (χ2v) is 6.64. The number of aryl methyl sites for hydroxylation is 2. The summed E-state index contributed by atoms with van der Waals surface area (Å²) in [6.07, 6.45) is 0. The van der Waals surface area contributed by atoms with Crippen LogP contribution in [0.3, 0.4) is 0 Å². The molecule has 0 spiro atoms. The van der Waals surface area contributed by atoms with Gasteiger partial charge in [-0.1, -0.05) is 29.3 Å². The zero-order valence-electron chi connectivity index (χ0n) is 14.7. The number of piperazine rings is 1. The molecule has 2 aromatic rings. The number of amides is 2. The van der Waals surface area contributed by atoms with Crippen LogP contribution in [-0.4, -0.2) is 41.0 Å².